The highest BCUT2D eigenvalue weighted by Gasteiger charge is 2.17. The fraction of sp³-hybridized carbons (Fsp3) is 0. The van der Waals surface area contributed by atoms with Gasteiger partial charge in [0.05, 0.1) is 0 Å². The molecule has 0 saturated heterocycles. The van der Waals surface area contributed by atoms with Crippen LogP contribution in [0, 0.1) is 0 Å². The van der Waals surface area contributed by atoms with Crippen LogP contribution in [0.5, 0.6) is 0 Å². The van der Waals surface area contributed by atoms with Gasteiger partial charge in [-0.2, -0.15) is 0 Å². The quantitative estimate of drug-likeness (QED) is 0.165. The summed E-state index contributed by atoms with van der Waals surface area (Å²) in [6.07, 6.45) is 0. The van der Waals surface area contributed by atoms with Crippen LogP contribution in [0.3, 0.4) is 0 Å². The molecule has 8 rings (SSSR count). The van der Waals surface area contributed by atoms with Gasteiger partial charge in [0.2, 0.25) is 0 Å². The van der Waals surface area contributed by atoms with E-state index >= 15 is 0 Å². The van der Waals surface area contributed by atoms with Crippen molar-refractivity contribution in [3.63, 3.8) is 0 Å². The molecule has 0 aromatic heterocycles. The second-order valence-corrected chi connectivity index (χ2v) is 10.5. The van der Waals surface area contributed by atoms with Crippen LogP contribution in [0.4, 0.5) is 0 Å². The van der Waals surface area contributed by atoms with Crippen molar-refractivity contribution < 1.29 is 0 Å². The number of fused-ring (bicyclic) bond motifs is 5. The van der Waals surface area contributed by atoms with Crippen molar-refractivity contribution in [2.24, 2.45) is 0 Å². The van der Waals surface area contributed by atoms with Gasteiger partial charge in [0.15, 0.2) is 0 Å². The zero-order valence-corrected chi connectivity index (χ0v) is 22.0. The van der Waals surface area contributed by atoms with Crippen LogP contribution in [0.2, 0.25) is 0 Å². The Morgan fingerprint density at radius 3 is 1.30 bits per heavy atom. The maximum absolute atomic E-state index is 2.41. The van der Waals surface area contributed by atoms with E-state index in [4.69, 9.17) is 0 Å². The number of rotatable bonds is 3. The summed E-state index contributed by atoms with van der Waals surface area (Å²) in [5, 5.41) is 10.2. The predicted molar refractivity (Wildman–Crippen MR) is 173 cm³/mol. The van der Waals surface area contributed by atoms with Gasteiger partial charge < -0.3 is 0 Å². The SMILES string of the molecule is c1ccc(-c2c3ccccc3c(-c3ccccc3)c3cc(-c4ccc5ccc6ccccc6c5c4)ccc23)cc1. The van der Waals surface area contributed by atoms with E-state index in [0.717, 1.165) is 0 Å². The second-order valence-electron chi connectivity index (χ2n) is 10.5. The molecule has 0 aliphatic heterocycles. The Balaban J connectivity index is 1.47. The lowest BCUT2D eigenvalue weighted by atomic mass is 9.85. The molecule has 8 aromatic carbocycles. The van der Waals surface area contributed by atoms with Crippen molar-refractivity contribution in [2.45, 2.75) is 0 Å². The van der Waals surface area contributed by atoms with Crippen LogP contribution in [0.15, 0.2) is 158 Å². The largest absolute Gasteiger partial charge is 0.0622 e. The van der Waals surface area contributed by atoms with Crippen molar-refractivity contribution in [2.75, 3.05) is 0 Å². The third kappa shape index (κ3) is 3.61. The van der Waals surface area contributed by atoms with Gasteiger partial charge in [-0.25, -0.2) is 0 Å². The van der Waals surface area contributed by atoms with E-state index in [-0.39, 0.29) is 0 Å². The lowest BCUT2D eigenvalue weighted by Gasteiger charge is -2.19. The van der Waals surface area contributed by atoms with Crippen LogP contribution in [-0.2, 0) is 0 Å². The summed E-state index contributed by atoms with van der Waals surface area (Å²) in [6, 6.07) is 57.6. The highest BCUT2D eigenvalue weighted by atomic mass is 14.2. The summed E-state index contributed by atoms with van der Waals surface area (Å²) in [5.41, 5.74) is 7.53. The fourth-order valence-corrected chi connectivity index (χ4v) is 6.37. The molecule has 0 atom stereocenters. The van der Waals surface area contributed by atoms with Gasteiger partial charge in [0, 0.05) is 0 Å². The third-order valence-corrected chi connectivity index (χ3v) is 8.23. The molecule has 186 valence electrons. The van der Waals surface area contributed by atoms with E-state index < -0.39 is 0 Å². The summed E-state index contributed by atoms with van der Waals surface area (Å²) < 4.78 is 0. The minimum atomic E-state index is 1.23. The summed E-state index contributed by atoms with van der Waals surface area (Å²) in [6.45, 7) is 0. The Labute approximate surface area is 233 Å². The van der Waals surface area contributed by atoms with Crippen molar-refractivity contribution in [1.29, 1.82) is 0 Å². The van der Waals surface area contributed by atoms with Crippen molar-refractivity contribution in [3.05, 3.63) is 158 Å². The predicted octanol–water partition coefficient (Wildman–Crippen LogP) is 11.3. The summed E-state index contributed by atoms with van der Waals surface area (Å²) in [5.74, 6) is 0. The topological polar surface area (TPSA) is 0 Å². The second kappa shape index (κ2) is 9.22. The first-order chi connectivity index (χ1) is 19.8. The van der Waals surface area contributed by atoms with Crippen LogP contribution in [-0.4, -0.2) is 0 Å². The molecule has 0 saturated carbocycles. The van der Waals surface area contributed by atoms with Crippen molar-refractivity contribution >= 4 is 43.1 Å². The van der Waals surface area contributed by atoms with E-state index in [2.05, 4.69) is 158 Å². The van der Waals surface area contributed by atoms with Crippen molar-refractivity contribution in [1.82, 2.24) is 0 Å². The van der Waals surface area contributed by atoms with Crippen LogP contribution < -0.4 is 0 Å². The Hall–Kier alpha value is -5.20. The maximum atomic E-state index is 2.41. The van der Waals surface area contributed by atoms with E-state index in [1.54, 1.807) is 0 Å². The van der Waals surface area contributed by atoms with E-state index in [1.165, 1.54) is 76.5 Å². The van der Waals surface area contributed by atoms with Gasteiger partial charge in [-0.05, 0) is 88.6 Å². The number of benzene rings is 8. The van der Waals surface area contributed by atoms with Gasteiger partial charge in [0.25, 0.3) is 0 Å². The molecule has 0 aliphatic carbocycles. The van der Waals surface area contributed by atoms with Crippen LogP contribution >= 0.6 is 0 Å². The molecular weight excluding hydrogens is 480 g/mol. The molecule has 8 aromatic rings. The highest BCUT2D eigenvalue weighted by molar-refractivity contribution is 6.22. The molecule has 0 spiro atoms. The fourth-order valence-electron chi connectivity index (χ4n) is 6.37. The summed E-state index contributed by atoms with van der Waals surface area (Å²) in [4.78, 5) is 0. The lowest BCUT2D eigenvalue weighted by Crippen LogP contribution is -1.91. The van der Waals surface area contributed by atoms with E-state index in [0.29, 0.717) is 0 Å². The normalized spacial score (nSPS) is 11.5. The molecule has 0 radical (unpaired) electrons. The molecule has 0 amide bonds. The first kappa shape index (κ1) is 22.8. The van der Waals surface area contributed by atoms with Gasteiger partial charge in [-0.3, -0.25) is 0 Å². The standard InChI is InChI=1S/C40H26/c1-3-12-29(13-4-1)39-34-17-9-10-18-35(34)40(30-14-5-2-6-15-30)38-26-32(23-24-36(38)39)31-22-21-28-20-19-27-11-7-8-16-33(27)37(28)25-31/h1-26H. The molecule has 0 fully saturated rings. The number of hydrogen-bond donors (Lipinski definition) is 0. The Morgan fingerprint density at radius 2 is 0.650 bits per heavy atom. The lowest BCUT2D eigenvalue weighted by molar-refractivity contribution is 1.64. The van der Waals surface area contributed by atoms with Gasteiger partial charge in [-0.15, -0.1) is 0 Å². The van der Waals surface area contributed by atoms with Crippen molar-refractivity contribution in [3.8, 4) is 33.4 Å². The molecule has 40 heavy (non-hydrogen) atoms. The van der Waals surface area contributed by atoms with E-state index in [9.17, 15) is 0 Å². The molecule has 0 heteroatoms. The first-order valence-corrected chi connectivity index (χ1v) is 13.9. The molecule has 0 unspecified atom stereocenters. The molecular formula is C40H26. The monoisotopic (exact) mass is 506 g/mol. The summed E-state index contributed by atoms with van der Waals surface area (Å²) in [7, 11) is 0. The smallest absolute Gasteiger partial charge is 0.00262 e. The average Bonchev–Trinajstić information content (AvgIpc) is 3.04. The Kier molecular flexibility index (Phi) is 5.24. The van der Waals surface area contributed by atoms with E-state index in [1.807, 2.05) is 0 Å². The summed E-state index contributed by atoms with van der Waals surface area (Å²) >= 11 is 0. The maximum Gasteiger partial charge on any atom is -0.00262 e. The highest BCUT2D eigenvalue weighted by Crippen LogP contribution is 2.45. The minimum Gasteiger partial charge on any atom is -0.0622 e. The van der Waals surface area contributed by atoms with Gasteiger partial charge in [0.1, 0.15) is 0 Å². The zero-order valence-electron chi connectivity index (χ0n) is 22.0. The van der Waals surface area contributed by atoms with Crippen LogP contribution in [0.1, 0.15) is 0 Å². The Bertz CT molecular complexity index is 2190. The first-order valence-electron chi connectivity index (χ1n) is 13.9. The molecule has 0 bridgehead atoms. The molecule has 0 heterocycles. The Morgan fingerprint density at radius 1 is 0.225 bits per heavy atom. The minimum absolute atomic E-state index is 1.23. The van der Waals surface area contributed by atoms with Gasteiger partial charge >= 0.3 is 0 Å². The zero-order chi connectivity index (χ0) is 26.5. The third-order valence-electron chi connectivity index (χ3n) is 8.23. The van der Waals surface area contributed by atoms with Gasteiger partial charge in [-0.1, -0.05) is 146 Å². The molecule has 0 N–H and O–H groups in total. The molecule has 0 nitrogen and oxygen atoms in total. The average molecular weight is 507 g/mol. The number of hydrogen-bond acceptors (Lipinski definition) is 0. The molecule has 0 aliphatic rings. The van der Waals surface area contributed by atoms with Crippen LogP contribution in [0.25, 0.3) is 76.5 Å².